The minimum Gasteiger partial charge on any atom is -0.313 e. The summed E-state index contributed by atoms with van der Waals surface area (Å²) in [6.07, 6.45) is 16.7. The smallest absolute Gasteiger partial charge is 0.313 e. The number of likely N-dealkylation sites (N-methyl/N-ethyl adjacent to an activating group) is 1. The summed E-state index contributed by atoms with van der Waals surface area (Å²) in [5, 5.41) is 2.94. The van der Waals surface area contributed by atoms with Crippen LogP contribution < -0.4 is 10.9 Å². The highest BCUT2D eigenvalue weighted by molar-refractivity contribution is 9.11. The number of nitrogens with zero attached hydrogens (tertiary/aromatic N) is 4. The summed E-state index contributed by atoms with van der Waals surface area (Å²) < 4.78 is 16.6. The SMILES string of the molecule is CC.CCC(c1nc2c(c(=O)n1-c1ccc(F)c(Cl)c1)C=CCCC2)N(CCN(C)C)C(=O)NC1=CC=C(Br)CC=C1.CS. The average Bonchev–Trinajstić information content (AvgIpc) is 3.38. The number of hydrogen-bond donors (Lipinski definition) is 2. The molecule has 2 amide bonds. The van der Waals surface area contributed by atoms with Gasteiger partial charge < -0.3 is 15.1 Å². The Bertz CT molecular complexity index is 1450. The van der Waals surface area contributed by atoms with Crippen LogP contribution in [0.15, 0.2) is 63.6 Å². The van der Waals surface area contributed by atoms with Crippen LogP contribution in [0.3, 0.4) is 0 Å². The lowest BCUT2D eigenvalue weighted by Crippen LogP contribution is -2.46. The quantitative estimate of drug-likeness (QED) is 0.272. The summed E-state index contributed by atoms with van der Waals surface area (Å²) in [4.78, 5) is 36.6. The van der Waals surface area contributed by atoms with Gasteiger partial charge in [-0.25, -0.2) is 14.2 Å². The molecule has 240 valence electrons. The maximum absolute atomic E-state index is 14.1. The van der Waals surface area contributed by atoms with E-state index in [9.17, 15) is 14.0 Å². The number of carbonyl (C=O) groups excluding carboxylic acids is 1. The number of hydrogen-bond acceptors (Lipinski definition) is 5. The van der Waals surface area contributed by atoms with E-state index in [1.807, 2.05) is 76.2 Å². The van der Waals surface area contributed by atoms with Crippen molar-refractivity contribution in [2.45, 2.75) is 58.9 Å². The van der Waals surface area contributed by atoms with Crippen LogP contribution in [0.1, 0.15) is 69.6 Å². The van der Waals surface area contributed by atoms with E-state index in [1.165, 1.54) is 22.8 Å². The second-order valence-corrected chi connectivity index (χ2v) is 11.5. The maximum atomic E-state index is 14.1. The van der Waals surface area contributed by atoms with E-state index in [0.717, 1.165) is 23.7 Å². The van der Waals surface area contributed by atoms with Crippen molar-refractivity contribution in [2.24, 2.45) is 0 Å². The molecule has 0 radical (unpaired) electrons. The van der Waals surface area contributed by atoms with Crippen molar-refractivity contribution in [3.05, 3.63) is 97.0 Å². The third-order valence-electron chi connectivity index (χ3n) is 6.87. The molecule has 2 aliphatic rings. The molecule has 7 nitrogen and oxygen atoms in total. The fraction of sp³-hybridized carbons (Fsp3) is 0.424. The first-order valence-corrected chi connectivity index (χ1v) is 16.9. The maximum Gasteiger partial charge on any atom is 0.322 e. The summed E-state index contributed by atoms with van der Waals surface area (Å²) >= 11 is 13.2. The van der Waals surface area contributed by atoms with Crippen molar-refractivity contribution in [1.29, 1.82) is 0 Å². The van der Waals surface area contributed by atoms with E-state index >= 15 is 0 Å². The number of rotatable bonds is 8. The zero-order chi connectivity index (χ0) is 32.8. The Balaban J connectivity index is 0.00000162. The Morgan fingerprint density at radius 2 is 1.91 bits per heavy atom. The first-order valence-electron chi connectivity index (χ1n) is 14.9. The Morgan fingerprint density at radius 1 is 1.18 bits per heavy atom. The van der Waals surface area contributed by atoms with Crippen LogP contribution >= 0.6 is 40.2 Å². The third-order valence-corrected chi connectivity index (χ3v) is 7.75. The van der Waals surface area contributed by atoms with Crippen LogP contribution in [0.4, 0.5) is 9.18 Å². The number of benzene rings is 1. The number of carbonyl (C=O) groups is 1. The molecular weight excluding hydrogens is 665 g/mol. The number of amides is 2. The van der Waals surface area contributed by atoms with Gasteiger partial charge in [-0.1, -0.05) is 66.5 Å². The van der Waals surface area contributed by atoms with Gasteiger partial charge in [0.2, 0.25) is 0 Å². The van der Waals surface area contributed by atoms with Crippen LogP contribution in [-0.4, -0.2) is 58.8 Å². The molecule has 1 heterocycles. The molecule has 1 N–H and O–H groups in total. The summed E-state index contributed by atoms with van der Waals surface area (Å²) in [6, 6.07) is 3.33. The van der Waals surface area contributed by atoms with Gasteiger partial charge in [-0.3, -0.25) is 9.36 Å². The minimum absolute atomic E-state index is 0.0950. The summed E-state index contributed by atoms with van der Waals surface area (Å²) in [5.74, 6) is -0.154. The number of fused-ring (bicyclic) bond motifs is 1. The Hall–Kier alpha value is -2.66. The lowest BCUT2D eigenvalue weighted by Gasteiger charge is -2.33. The molecule has 1 aromatic heterocycles. The van der Waals surface area contributed by atoms with E-state index in [-0.39, 0.29) is 16.6 Å². The van der Waals surface area contributed by atoms with E-state index in [0.29, 0.717) is 54.4 Å². The van der Waals surface area contributed by atoms with Gasteiger partial charge in [0.1, 0.15) is 11.6 Å². The van der Waals surface area contributed by atoms with Gasteiger partial charge in [0.15, 0.2) is 0 Å². The van der Waals surface area contributed by atoms with E-state index in [1.54, 1.807) is 11.2 Å². The molecule has 1 unspecified atom stereocenters. The number of thiol groups is 1. The van der Waals surface area contributed by atoms with Crippen molar-refractivity contribution in [1.82, 2.24) is 24.7 Å². The molecule has 0 saturated heterocycles. The first-order chi connectivity index (χ1) is 21.2. The topological polar surface area (TPSA) is 70.5 Å². The number of urea groups is 1. The van der Waals surface area contributed by atoms with Gasteiger partial charge in [0.05, 0.1) is 28.0 Å². The van der Waals surface area contributed by atoms with Crippen molar-refractivity contribution in [2.75, 3.05) is 33.4 Å². The second-order valence-electron chi connectivity index (χ2n) is 10.1. The summed E-state index contributed by atoms with van der Waals surface area (Å²) in [7, 11) is 3.89. The summed E-state index contributed by atoms with van der Waals surface area (Å²) in [5.41, 5.74) is 2.00. The van der Waals surface area contributed by atoms with Crippen LogP contribution in [0.25, 0.3) is 11.8 Å². The third kappa shape index (κ3) is 9.92. The van der Waals surface area contributed by atoms with Crippen LogP contribution in [0.2, 0.25) is 5.02 Å². The molecule has 2 aromatic rings. The van der Waals surface area contributed by atoms with Crippen molar-refractivity contribution in [3.63, 3.8) is 0 Å². The molecule has 44 heavy (non-hydrogen) atoms. The molecular formula is C33H44BrClFN5O2S. The minimum atomic E-state index is -0.577. The number of allylic oxidation sites excluding steroid dienone is 6. The van der Waals surface area contributed by atoms with Gasteiger partial charge in [-0.05, 0) is 93.4 Å². The average molecular weight is 709 g/mol. The summed E-state index contributed by atoms with van der Waals surface area (Å²) in [6.45, 7) is 6.96. The molecule has 1 atom stereocenters. The van der Waals surface area contributed by atoms with Gasteiger partial charge in [-0.15, -0.1) is 0 Å². The Labute approximate surface area is 280 Å². The van der Waals surface area contributed by atoms with E-state index in [2.05, 4.69) is 33.9 Å². The predicted octanol–water partition coefficient (Wildman–Crippen LogP) is 8.09. The Kier molecular flexibility index (Phi) is 16.2. The number of nitrogens with one attached hydrogen (secondary N) is 1. The Morgan fingerprint density at radius 3 is 2.57 bits per heavy atom. The highest BCUT2D eigenvalue weighted by atomic mass is 79.9. The molecule has 11 heteroatoms. The predicted molar refractivity (Wildman–Crippen MR) is 189 cm³/mol. The normalized spacial score (nSPS) is 14.4. The monoisotopic (exact) mass is 707 g/mol. The largest absolute Gasteiger partial charge is 0.322 e. The molecule has 0 fully saturated rings. The van der Waals surface area contributed by atoms with Crippen LogP contribution in [0, 0.1) is 5.82 Å². The molecule has 0 bridgehead atoms. The van der Waals surface area contributed by atoms with E-state index < -0.39 is 11.9 Å². The van der Waals surface area contributed by atoms with Gasteiger partial charge in [0, 0.05) is 18.8 Å². The van der Waals surface area contributed by atoms with Crippen molar-refractivity contribution in [3.8, 4) is 5.69 Å². The highest BCUT2D eigenvalue weighted by Crippen LogP contribution is 2.28. The van der Waals surface area contributed by atoms with Crippen LogP contribution in [-0.2, 0) is 6.42 Å². The zero-order valence-corrected chi connectivity index (χ0v) is 29.6. The first kappa shape index (κ1) is 37.5. The van der Waals surface area contributed by atoms with Gasteiger partial charge in [0.25, 0.3) is 5.56 Å². The zero-order valence-electron chi connectivity index (χ0n) is 26.4. The molecule has 0 saturated carbocycles. The number of halogens is 3. The molecule has 1 aromatic carbocycles. The number of aryl methyl sites for hydroxylation is 1. The molecule has 4 rings (SSSR count). The fourth-order valence-corrected chi connectivity index (χ4v) is 5.26. The fourth-order valence-electron chi connectivity index (χ4n) is 4.77. The van der Waals surface area contributed by atoms with Gasteiger partial charge >= 0.3 is 6.03 Å². The lowest BCUT2D eigenvalue weighted by atomic mass is 10.1. The number of aromatic nitrogens is 2. The molecule has 0 spiro atoms. The standard InChI is InChI=1S/C30H34BrClFN5O2.C2H6.CH4S/c1-4-27(37(18-17-36(2)3)30(40)34-21-10-8-9-20(31)13-14-21)28-35-26-12-7-5-6-11-23(26)29(39)38(28)22-15-16-25(33)24(32)19-22;2*1-2/h6,8,10-11,13-16,19,27H,4-5,7,9,12,17-18H2,1-3H3,(H,34,40);1-2H3;2H,1H3. The van der Waals surface area contributed by atoms with Gasteiger partial charge in [-0.2, -0.15) is 12.6 Å². The van der Waals surface area contributed by atoms with Crippen molar-refractivity contribution < 1.29 is 9.18 Å². The highest BCUT2D eigenvalue weighted by Gasteiger charge is 2.30. The molecule has 0 aliphatic heterocycles. The van der Waals surface area contributed by atoms with Crippen LogP contribution in [0.5, 0.6) is 0 Å². The lowest BCUT2D eigenvalue weighted by molar-refractivity contribution is 0.163. The molecule has 2 aliphatic carbocycles. The van der Waals surface area contributed by atoms with Crippen molar-refractivity contribution >= 4 is 52.3 Å². The second kappa shape index (κ2) is 19.0. The van der Waals surface area contributed by atoms with E-state index in [4.69, 9.17) is 16.6 Å².